The highest BCUT2D eigenvalue weighted by molar-refractivity contribution is 5.95. The second-order valence-corrected chi connectivity index (χ2v) is 9.91. The number of nitrogens with zero attached hydrogens (tertiary/aromatic N) is 3. The number of hydrogen-bond acceptors (Lipinski definition) is 6. The Morgan fingerprint density at radius 3 is 2.60 bits per heavy atom. The van der Waals surface area contributed by atoms with Crippen molar-refractivity contribution >= 4 is 22.5 Å². The Kier molecular flexibility index (Phi) is 6.52. The summed E-state index contributed by atoms with van der Waals surface area (Å²) in [6.45, 7) is 4.51. The number of ether oxygens (including phenoxy) is 2. The van der Waals surface area contributed by atoms with Crippen molar-refractivity contribution in [2.75, 3.05) is 58.9 Å². The summed E-state index contributed by atoms with van der Waals surface area (Å²) >= 11 is 0. The molecule has 0 bridgehead atoms. The molecule has 2 aliphatic heterocycles. The van der Waals surface area contributed by atoms with Crippen LogP contribution < -0.4 is 19.7 Å². The first-order chi connectivity index (χ1) is 17.0. The van der Waals surface area contributed by atoms with Crippen molar-refractivity contribution in [3.63, 3.8) is 0 Å². The van der Waals surface area contributed by atoms with E-state index in [-0.39, 0.29) is 12.5 Å². The molecule has 0 radical (unpaired) electrons. The minimum atomic E-state index is -0.156. The van der Waals surface area contributed by atoms with E-state index >= 15 is 0 Å². The van der Waals surface area contributed by atoms with Crippen LogP contribution in [0.5, 0.6) is 11.5 Å². The van der Waals surface area contributed by atoms with Crippen molar-refractivity contribution in [3.05, 3.63) is 48.5 Å². The molecule has 35 heavy (non-hydrogen) atoms. The van der Waals surface area contributed by atoms with E-state index in [4.69, 9.17) is 14.5 Å². The summed E-state index contributed by atoms with van der Waals surface area (Å²) in [6, 6.07) is 16.2. The number of amides is 1. The second-order valence-electron chi connectivity index (χ2n) is 9.91. The first kappa shape index (κ1) is 23.4. The molecule has 1 atom stereocenters. The SMILES string of the molecule is CNC(=O)COc1ccc(-c2cc(N3CCC4(CCCN(C)C4)C3)c3ccc(OC)cc3n2)cc1. The van der Waals surface area contributed by atoms with Crippen LogP contribution in [0.4, 0.5) is 5.69 Å². The zero-order chi connectivity index (χ0) is 24.4. The van der Waals surface area contributed by atoms with Crippen molar-refractivity contribution in [2.45, 2.75) is 19.3 Å². The maximum atomic E-state index is 11.5. The molecule has 1 aromatic heterocycles. The highest BCUT2D eigenvalue weighted by Gasteiger charge is 2.41. The number of rotatable bonds is 6. The molecule has 5 rings (SSSR count). The summed E-state index contributed by atoms with van der Waals surface area (Å²) in [5.41, 5.74) is 4.46. The third-order valence-corrected chi connectivity index (χ3v) is 7.43. The van der Waals surface area contributed by atoms with Crippen molar-refractivity contribution in [1.82, 2.24) is 15.2 Å². The number of carbonyl (C=O) groups excluding carboxylic acids is 1. The highest BCUT2D eigenvalue weighted by atomic mass is 16.5. The average Bonchev–Trinajstić information content (AvgIpc) is 3.28. The monoisotopic (exact) mass is 474 g/mol. The third-order valence-electron chi connectivity index (χ3n) is 7.43. The lowest BCUT2D eigenvalue weighted by molar-refractivity contribution is -0.122. The topological polar surface area (TPSA) is 66.9 Å². The number of benzene rings is 2. The van der Waals surface area contributed by atoms with Crippen LogP contribution in [0.2, 0.25) is 0 Å². The number of fused-ring (bicyclic) bond motifs is 1. The van der Waals surface area contributed by atoms with Gasteiger partial charge < -0.3 is 24.6 Å². The van der Waals surface area contributed by atoms with Crippen LogP contribution in [-0.2, 0) is 4.79 Å². The lowest BCUT2D eigenvalue weighted by atomic mass is 9.79. The maximum Gasteiger partial charge on any atom is 0.257 e. The molecule has 1 N–H and O–H groups in total. The molecule has 2 aromatic carbocycles. The molecule has 2 saturated heterocycles. The predicted molar refractivity (Wildman–Crippen MR) is 139 cm³/mol. The smallest absolute Gasteiger partial charge is 0.257 e. The first-order valence-corrected chi connectivity index (χ1v) is 12.3. The Morgan fingerprint density at radius 1 is 1.06 bits per heavy atom. The van der Waals surface area contributed by atoms with E-state index in [2.05, 4.69) is 34.3 Å². The van der Waals surface area contributed by atoms with Gasteiger partial charge in [-0.05, 0) is 75.3 Å². The van der Waals surface area contributed by atoms with Gasteiger partial charge in [0.05, 0.1) is 18.3 Å². The molecule has 1 amide bonds. The Morgan fingerprint density at radius 2 is 1.86 bits per heavy atom. The Labute approximate surface area is 207 Å². The number of hydrogen-bond donors (Lipinski definition) is 1. The lowest BCUT2D eigenvalue weighted by Crippen LogP contribution is -2.42. The number of aromatic nitrogens is 1. The number of nitrogens with one attached hydrogen (secondary N) is 1. The van der Waals surface area contributed by atoms with Gasteiger partial charge in [-0.1, -0.05) is 0 Å². The lowest BCUT2D eigenvalue weighted by Gasteiger charge is -2.38. The van der Waals surface area contributed by atoms with Crippen LogP contribution >= 0.6 is 0 Å². The number of pyridine rings is 1. The Bertz CT molecular complexity index is 1210. The number of likely N-dealkylation sites (tertiary alicyclic amines) is 1. The molecule has 1 unspecified atom stereocenters. The molecule has 7 heteroatoms. The number of anilines is 1. The van der Waals surface area contributed by atoms with Gasteiger partial charge in [-0.25, -0.2) is 4.98 Å². The van der Waals surface area contributed by atoms with E-state index in [9.17, 15) is 4.79 Å². The molecule has 3 aromatic rings. The Balaban J connectivity index is 1.48. The first-order valence-electron chi connectivity index (χ1n) is 12.3. The number of piperidine rings is 1. The minimum absolute atomic E-state index is 0.0000868. The van der Waals surface area contributed by atoms with Gasteiger partial charge in [-0.3, -0.25) is 4.79 Å². The van der Waals surface area contributed by atoms with Crippen LogP contribution in [0.3, 0.4) is 0 Å². The Hall–Kier alpha value is -3.32. The highest BCUT2D eigenvalue weighted by Crippen LogP contribution is 2.43. The minimum Gasteiger partial charge on any atom is -0.497 e. The molecule has 3 heterocycles. The van der Waals surface area contributed by atoms with Gasteiger partial charge in [-0.2, -0.15) is 0 Å². The van der Waals surface area contributed by atoms with Crippen molar-refractivity contribution in [1.29, 1.82) is 0 Å². The molecule has 184 valence electrons. The van der Waals surface area contributed by atoms with Gasteiger partial charge in [-0.15, -0.1) is 0 Å². The fourth-order valence-corrected chi connectivity index (χ4v) is 5.60. The summed E-state index contributed by atoms with van der Waals surface area (Å²) in [5, 5.41) is 3.72. The van der Waals surface area contributed by atoms with E-state index in [1.54, 1.807) is 14.2 Å². The molecule has 0 aliphatic carbocycles. The zero-order valence-corrected chi connectivity index (χ0v) is 20.8. The molecule has 7 nitrogen and oxygen atoms in total. The van der Waals surface area contributed by atoms with Crippen molar-refractivity contribution < 1.29 is 14.3 Å². The summed E-state index contributed by atoms with van der Waals surface area (Å²) in [7, 11) is 5.53. The maximum absolute atomic E-state index is 11.5. The predicted octanol–water partition coefficient (Wildman–Crippen LogP) is 3.96. The van der Waals surface area contributed by atoms with Crippen LogP contribution in [0.1, 0.15) is 19.3 Å². The second kappa shape index (κ2) is 9.74. The summed E-state index contributed by atoms with van der Waals surface area (Å²) in [5.74, 6) is 1.30. The number of carbonyl (C=O) groups is 1. The molecular formula is C28H34N4O3. The largest absolute Gasteiger partial charge is 0.497 e. The summed E-state index contributed by atoms with van der Waals surface area (Å²) in [6.07, 6.45) is 3.80. The summed E-state index contributed by atoms with van der Waals surface area (Å²) < 4.78 is 11.1. The van der Waals surface area contributed by atoms with Gasteiger partial charge in [0.25, 0.3) is 5.91 Å². The fraction of sp³-hybridized carbons (Fsp3) is 0.429. The van der Waals surface area contributed by atoms with E-state index in [1.165, 1.54) is 38.0 Å². The van der Waals surface area contributed by atoms with E-state index in [0.29, 0.717) is 11.2 Å². The quantitative estimate of drug-likeness (QED) is 0.584. The van der Waals surface area contributed by atoms with Gasteiger partial charge in [0.2, 0.25) is 0 Å². The normalized spacial score (nSPS) is 20.4. The van der Waals surface area contributed by atoms with Crippen LogP contribution in [-0.4, -0.2) is 69.8 Å². The fourth-order valence-electron chi connectivity index (χ4n) is 5.60. The number of methoxy groups -OCH3 is 1. The summed E-state index contributed by atoms with van der Waals surface area (Å²) in [4.78, 5) is 21.5. The third kappa shape index (κ3) is 4.91. The molecule has 2 fully saturated rings. The molecule has 1 spiro atoms. The van der Waals surface area contributed by atoms with Crippen LogP contribution in [0.25, 0.3) is 22.2 Å². The van der Waals surface area contributed by atoms with Crippen LogP contribution in [0, 0.1) is 5.41 Å². The van der Waals surface area contributed by atoms with Gasteiger partial charge in [0.1, 0.15) is 11.5 Å². The molecule has 0 saturated carbocycles. The van der Waals surface area contributed by atoms with Crippen LogP contribution in [0.15, 0.2) is 48.5 Å². The van der Waals surface area contributed by atoms with E-state index in [0.717, 1.165) is 41.0 Å². The van der Waals surface area contributed by atoms with Crippen molar-refractivity contribution in [3.8, 4) is 22.8 Å². The van der Waals surface area contributed by atoms with E-state index < -0.39 is 0 Å². The van der Waals surface area contributed by atoms with Crippen molar-refractivity contribution in [2.24, 2.45) is 5.41 Å². The van der Waals surface area contributed by atoms with Gasteiger partial charge >= 0.3 is 0 Å². The number of likely N-dealkylation sites (N-methyl/N-ethyl adjacent to an activating group) is 1. The standard InChI is InChI=1S/C28H34N4O3/c1-29-27(33)17-35-21-7-5-20(6-8-21)24-16-26(23-10-9-22(34-3)15-25(23)30-24)32-14-12-28(19-32)11-4-13-31(2)18-28/h5-10,15-16H,4,11-14,17-19H2,1-3H3,(H,29,33). The van der Waals surface area contributed by atoms with E-state index in [1.807, 2.05) is 36.4 Å². The van der Waals surface area contributed by atoms with Gasteiger partial charge in [0, 0.05) is 54.8 Å². The molecular weight excluding hydrogens is 440 g/mol. The van der Waals surface area contributed by atoms with Gasteiger partial charge in [0.15, 0.2) is 6.61 Å². The average molecular weight is 475 g/mol. The molecule has 2 aliphatic rings. The zero-order valence-electron chi connectivity index (χ0n) is 20.8.